The normalized spacial score (nSPS) is 11.4. The summed E-state index contributed by atoms with van der Waals surface area (Å²) in [5.74, 6) is -1.17. The number of aliphatic imine (C=N–C) groups is 1. The summed E-state index contributed by atoms with van der Waals surface area (Å²) < 4.78 is 30.4. The Hall–Kier alpha value is -3.73. The smallest absolute Gasteiger partial charge is 0.413 e. The highest BCUT2D eigenvalue weighted by molar-refractivity contribution is 7.91. The van der Waals surface area contributed by atoms with Crippen molar-refractivity contribution in [1.82, 2.24) is 10.6 Å². The molecular weight excluding hydrogens is 424 g/mol. The molecule has 10 nitrogen and oxygen atoms in total. The summed E-state index contributed by atoms with van der Waals surface area (Å²) in [6, 6.07) is 11.7. The lowest BCUT2D eigenvalue weighted by molar-refractivity contribution is -0.119. The van der Waals surface area contributed by atoms with E-state index in [2.05, 4.69) is 25.7 Å². The zero-order valence-corrected chi connectivity index (χ0v) is 17.9. The van der Waals surface area contributed by atoms with Crippen LogP contribution in [-0.2, 0) is 24.2 Å². The highest BCUT2D eigenvalue weighted by Gasteiger charge is 2.20. The molecule has 0 bridgehead atoms. The summed E-state index contributed by atoms with van der Waals surface area (Å²) >= 11 is 0. The molecule has 0 saturated carbocycles. The third-order valence-electron chi connectivity index (χ3n) is 3.86. The van der Waals surface area contributed by atoms with Crippen molar-refractivity contribution in [3.8, 4) is 0 Å². The molecule has 0 saturated heterocycles. The fourth-order valence-corrected chi connectivity index (χ4v) is 3.68. The number of guanidine groups is 1. The van der Waals surface area contributed by atoms with Crippen LogP contribution in [0, 0.1) is 0 Å². The number of ether oxygens (including phenoxy) is 1. The number of rotatable bonds is 5. The minimum atomic E-state index is -3.88. The highest BCUT2D eigenvalue weighted by Crippen LogP contribution is 2.31. The van der Waals surface area contributed by atoms with Crippen LogP contribution < -0.4 is 16.0 Å². The molecule has 0 aliphatic carbocycles. The summed E-state index contributed by atoms with van der Waals surface area (Å²) in [6.07, 6.45) is -0.799. The van der Waals surface area contributed by atoms with Crippen molar-refractivity contribution in [2.24, 2.45) is 4.99 Å². The Bertz CT molecular complexity index is 1090. The predicted molar refractivity (Wildman–Crippen MR) is 114 cm³/mol. The minimum absolute atomic E-state index is 0.00462. The van der Waals surface area contributed by atoms with Crippen LogP contribution in [0.3, 0.4) is 0 Å². The van der Waals surface area contributed by atoms with E-state index >= 15 is 0 Å². The van der Waals surface area contributed by atoms with Gasteiger partial charge in [-0.15, -0.1) is 0 Å². The lowest BCUT2D eigenvalue weighted by Gasteiger charge is -2.13. The molecule has 31 heavy (non-hydrogen) atoms. The monoisotopic (exact) mass is 446 g/mol. The minimum Gasteiger partial charge on any atom is -0.453 e. The van der Waals surface area contributed by atoms with Gasteiger partial charge in [0.15, 0.2) is 0 Å². The average molecular weight is 446 g/mol. The zero-order valence-electron chi connectivity index (χ0n) is 17.1. The van der Waals surface area contributed by atoms with Gasteiger partial charge in [0, 0.05) is 13.3 Å². The molecule has 0 aliphatic rings. The van der Waals surface area contributed by atoms with Gasteiger partial charge in [-0.2, -0.15) is 0 Å². The first kappa shape index (κ1) is 23.5. The van der Waals surface area contributed by atoms with E-state index in [9.17, 15) is 22.8 Å². The van der Waals surface area contributed by atoms with E-state index in [1.54, 1.807) is 25.1 Å². The number of hydrogen-bond donors (Lipinski definition) is 3. The van der Waals surface area contributed by atoms with Gasteiger partial charge in [0.1, 0.15) is 0 Å². The average Bonchev–Trinajstić information content (AvgIpc) is 2.74. The highest BCUT2D eigenvalue weighted by atomic mass is 32.2. The Morgan fingerprint density at radius 1 is 1.00 bits per heavy atom. The van der Waals surface area contributed by atoms with Crippen molar-refractivity contribution in [3.63, 3.8) is 0 Å². The van der Waals surface area contributed by atoms with Gasteiger partial charge in [-0.05, 0) is 30.3 Å². The van der Waals surface area contributed by atoms with Crippen LogP contribution in [0.4, 0.5) is 16.2 Å². The molecule has 3 amide bonds. The topological polar surface area (TPSA) is 143 Å². The summed E-state index contributed by atoms with van der Waals surface area (Å²) in [7, 11) is -2.75. The lowest BCUT2D eigenvalue weighted by Crippen LogP contribution is -2.43. The molecule has 0 spiro atoms. The first-order valence-corrected chi connectivity index (χ1v) is 10.6. The number of alkyl carbamates (subject to hydrolysis) is 1. The van der Waals surface area contributed by atoms with Gasteiger partial charge in [-0.3, -0.25) is 20.2 Å². The molecule has 0 aromatic heterocycles. The molecule has 0 fully saturated rings. The lowest BCUT2D eigenvalue weighted by atomic mass is 10.2. The van der Waals surface area contributed by atoms with Crippen molar-refractivity contribution >= 4 is 45.1 Å². The van der Waals surface area contributed by atoms with Gasteiger partial charge in [0.25, 0.3) is 0 Å². The van der Waals surface area contributed by atoms with Crippen molar-refractivity contribution < 1.29 is 27.5 Å². The summed E-state index contributed by atoms with van der Waals surface area (Å²) in [6.45, 7) is 2.87. The molecule has 0 radical (unpaired) electrons. The van der Waals surface area contributed by atoms with Crippen LogP contribution in [-0.4, -0.2) is 39.4 Å². The first-order chi connectivity index (χ1) is 14.7. The summed E-state index contributed by atoms with van der Waals surface area (Å²) in [5, 5.41) is 7.17. The molecule has 0 atom stereocenters. The Morgan fingerprint density at radius 2 is 1.68 bits per heavy atom. The van der Waals surface area contributed by atoms with Gasteiger partial charge in [0.05, 0.1) is 28.3 Å². The van der Waals surface area contributed by atoms with Gasteiger partial charge in [-0.25, -0.2) is 18.2 Å². The van der Waals surface area contributed by atoms with Crippen molar-refractivity contribution in [1.29, 1.82) is 0 Å². The van der Waals surface area contributed by atoms with E-state index in [1.165, 1.54) is 37.3 Å². The second kappa shape index (κ2) is 10.3. The molecule has 11 heteroatoms. The Labute approximate surface area is 179 Å². The largest absolute Gasteiger partial charge is 0.453 e. The molecule has 2 aromatic rings. The Balaban J connectivity index is 2.61. The number of benzene rings is 2. The van der Waals surface area contributed by atoms with Crippen LogP contribution >= 0.6 is 0 Å². The number of methoxy groups -OCH3 is 1. The van der Waals surface area contributed by atoms with E-state index in [0.717, 1.165) is 7.11 Å². The zero-order chi connectivity index (χ0) is 23.0. The van der Waals surface area contributed by atoms with E-state index in [-0.39, 0.29) is 33.5 Å². The van der Waals surface area contributed by atoms with Crippen LogP contribution in [0.25, 0.3) is 0 Å². The van der Waals surface area contributed by atoms with E-state index < -0.39 is 27.7 Å². The molecular formula is C20H22N4O6S. The van der Waals surface area contributed by atoms with Crippen LogP contribution in [0.1, 0.15) is 20.3 Å². The maximum Gasteiger partial charge on any atom is 0.413 e. The summed E-state index contributed by atoms with van der Waals surface area (Å²) in [4.78, 5) is 39.1. The van der Waals surface area contributed by atoms with Gasteiger partial charge < -0.3 is 10.1 Å². The number of carbonyl (C=O) groups excluding carboxylic acids is 3. The van der Waals surface area contributed by atoms with Crippen molar-refractivity contribution in [2.45, 2.75) is 30.1 Å². The number of sulfone groups is 1. The second-order valence-electron chi connectivity index (χ2n) is 6.16. The standard InChI is InChI=1S/C20H22N4O6S/c1-4-18(26)23-19(24-20(27)30-3)22-17-12-15(10-11-16(17)21-13(2)25)31(28,29)14-8-6-5-7-9-14/h5-12H,4H2,1-3H3,(H,21,25)(H2,22,23,24,26,27). The van der Waals surface area contributed by atoms with E-state index in [4.69, 9.17) is 0 Å². The van der Waals surface area contributed by atoms with Crippen LogP contribution in [0.15, 0.2) is 63.3 Å². The number of anilines is 1. The molecule has 164 valence electrons. The van der Waals surface area contributed by atoms with Gasteiger partial charge >= 0.3 is 6.09 Å². The number of amides is 3. The molecule has 0 unspecified atom stereocenters. The molecule has 0 heterocycles. The van der Waals surface area contributed by atoms with Gasteiger partial charge in [-0.1, -0.05) is 25.1 Å². The SMILES string of the molecule is CCC(=O)NC(=Nc1cc(S(=O)(=O)c2ccccc2)ccc1NC(C)=O)NC(=O)OC. The molecule has 2 rings (SSSR count). The maximum absolute atomic E-state index is 13.0. The van der Waals surface area contributed by atoms with Crippen molar-refractivity contribution in [3.05, 3.63) is 48.5 Å². The van der Waals surface area contributed by atoms with E-state index in [1.807, 2.05) is 0 Å². The quantitative estimate of drug-likeness (QED) is 0.475. The molecule has 2 aromatic carbocycles. The Morgan fingerprint density at radius 3 is 2.26 bits per heavy atom. The number of nitrogens with zero attached hydrogens (tertiary/aromatic N) is 1. The molecule has 3 N–H and O–H groups in total. The summed E-state index contributed by atoms with van der Waals surface area (Å²) in [5.41, 5.74) is 0.171. The van der Waals surface area contributed by atoms with Crippen LogP contribution in [0.2, 0.25) is 0 Å². The van der Waals surface area contributed by atoms with Crippen molar-refractivity contribution in [2.75, 3.05) is 12.4 Å². The number of carbonyl (C=O) groups is 3. The third kappa shape index (κ3) is 6.37. The number of nitrogens with one attached hydrogen (secondary N) is 3. The van der Waals surface area contributed by atoms with Crippen LogP contribution in [0.5, 0.6) is 0 Å². The van der Waals surface area contributed by atoms with Gasteiger partial charge in [0.2, 0.25) is 27.6 Å². The Kier molecular flexibility index (Phi) is 7.86. The second-order valence-corrected chi connectivity index (χ2v) is 8.11. The molecule has 0 aliphatic heterocycles. The first-order valence-electron chi connectivity index (χ1n) is 9.12. The third-order valence-corrected chi connectivity index (χ3v) is 5.63. The fraction of sp³-hybridized carbons (Fsp3) is 0.200. The number of hydrogen-bond acceptors (Lipinski definition) is 7. The maximum atomic E-state index is 13.0. The predicted octanol–water partition coefficient (Wildman–Crippen LogP) is 2.35. The fourth-order valence-electron chi connectivity index (χ4n) is 2.38. The van der Waals surface area contributed by atoms with E-state index in [0.29, 0.717) is 0 Å².